The van der Waals surface area contributed by atoms with E-state index < -0.39 is 17.7 Å². The van der Waals surface area contributed by atoms with Gasteiger partial charge in [0.15, 0.2) is 0 Å². The molecule has 9 heteroatoms. The maximum atomic E-state index is 12.6. The first-order chi connectivity index (χ1) is 13.0. The molecule has 4 rings (SSSR count). The van der Waals surface area contributed by atoms with Crippen LogP contribution in [0.2, 0.25) is 0 Å². The summed E-state index contributed by atoms with van der Waals surface area (Å²) in [6, 6.07) is 2.74. The first kappa shape index (κ1) is 17.8. The molecule has 2 aromatic rings. The van der Waals surface area contributed by atoms with Crippen molar-refractivity contribution in [1.29, 1.82) is 0 Å². The summed E-state index contributed by atoms with van der Waals surface area (Å²) in [6.45, 7) is 1.60. The average Bonchev–Trinajstić information content (AvgIpc) is 3.40. The maximum Gasteiger partial charge on any atom is 0.280 e. The third-order valence-corrected chi connectivity index (χ3v) is 5.31. The predicted octanol–water partition coefficient (Wildman–Crippen LogP) is 2.33. The number of carbonyl (C=O) groups is 1. The van der Waals surface area contributed by atoms with Gasteiger partial charge in [0, 0.05) is 37.3 Å². The van der Waals surface area contributed by atoms with Crippen molar-refractivity contribution in [2.24, 2.45) is 5.92 Å². The number of rotatable bonds is 5. The molecule has 3 heterocycles. The largest absolute Gasteiger partial charge is 0.337 e. The third kappa shape index (κ3) is 3.91. The summed E-state index contributed by atoms with van der Waals surface area (Å²) in [5.41, 5.74) is 0.523. The van der Waals surface area contributed by atoms with Gasteiger partial charge in [-0.2, -0.15) is 5.10 Å². The lowest BCUT2D eigenvalue weighted by atomic mass is 9.96. The Bertz CT molecular complexity index is 882. The second-order valence-corrected chi connectivity index (χ2v) is 7.32. The number of alkyl halides is 2. The minimum atomic E-state index is -2.75. The second kappa shape index (κ2) is 7.21. The Hall–Kier alpha value is -2.58. The van der Waals surface area contributed by atoms with Crippen molar-refractivity contribution >= 4 is 5.91 Å². The molecule has 0 unspecified atom stereocenters. The number of hydrogen-bond acceptors (Lipinski definition) is 4. The van der Waals surface area contributed by atoms with Gasteiger partial charge in [-0.15, -0.1) is 0 Å². The minimum absolute atomic E-state index is 0.0725. The van der Waals surface area contributed by atoms with Crippen LogP contribution in [-0.4, -0.2) is 43.6 Å². The highest BCUT2D eigenvalue weighted by Gasteiger charge is 2.29. The van der Waals surface area contributed by atoms with Gasteiger partial charge in [-0.1, -0.05) is 0 Å². The summed E-state index contributed by atoms with van der Waals surface area (Å²) in [6.07, 6.45) is 2.22. The van der Waals surface area contributed by atoms with E-state index >= 15 is 0 Å². The van der Waals surface area contributed by atoms with E-state index in [2.05, 4.69) is 15.2 Å². The summed E-state index contributed by atoms with van der Waals surface area (Å²) in [5, 5.41) is 7.09. The monoisotopic (exact) mass is 377 g/mol. The standard InChI is InChI=1S/C18H21F2N5O2/c19-17(20)14-8-16(26)25(10-21-14)9-11-3-5-24(6-4-11)18(27)15-7-13(22-23-15)12-1-2-12/h7-8,10-12,17H,1-6,9H2,(H,22,23). The summed E-state index contributed by atoms with van der Waals surface area (Å²) in [5.74, 6) is 0.650. The third-order valence-electron chi connectivity index (χ3n) is 5.31. The number of amides is 1. The van der Waals surface area contributed by atoms with E-state index in [4.69, 9.17) is 0 Å². The van der Waals surface area contributed by atoms with E-state index in [1.165, 1.54) is 10.9 Å². The van der Waals surface area contributed by atoms with Crippen LogP contribution in [0.5, 0.6) is 0 Å². The molecule has 1 N–H and O–H groups in total. The Kier molecular flexibility index (Phi) is 4.75. The molecule has 1 saturated heterocycles. The molecule has 2 fully saturated rings. The van der Waals surface area contributed by atoms with Gasteiger partial charge in [0.05, 0.1) is 6.33 Å². The SMILES string of the molecule is O=C(c1cc(C2CC2)[nH]n1)N1CCC(Cn2cnc(C(F)F)cc2=O)CC1. The molecular weight excluding hydrogens is 356 g/mol. The quantitative estimate of drug-likeness (QED) is 0.867. The highest BCUT2D eigenvalue weighted by Crippen LogP contribution is 2.39. The fourth-order valence-electron chi connectivity index (χ4n) is 3.50. The Morgan fingerprint density at radius 2 is 1.96 bits per heavy atom. The molecule has 1 aliphatic carbocycles. The van der Waals surface area contributed by atoms with E-state index in [1.807, 2.05) is 6.07 Å². The fraction of sp³-hybridized carbons (Fsp3) is 0.556. The topological polar surface area (TPSA) is 83.9 Å². The zero-order valence-electron chi connectivity index (χ0n) is 14.8. The number of piperidine rings is 1. The molecule has 1 saturated carbocycles. The minimum Gasteiger partial charge on any atom is -0.337 e. The molecule has 1 aliphatic heterocycles. The number of halogens is 2. The molecule has 2 aliphatic rings. The zero-order valence-corrected chi connectivity index (χ0v) is 14.8. The summed E-state index contributed by atoms with van der Waals surface area (Å²) < 4.78 is 26.5. The van der Waals surface area contributed by atoms with Crippen LogP contribution in [-0.2, 0) is 6.54 Å². The van der Waals surface area contributed by atoms with E-state index in [-0.39, 0.29) is 11.8 Å². The number of nitrogens with zero attached hydrogens (tertiary/aromatic N) is 4. The number of likely N-dealkylation sites (tertiary alicyclic amines) is 1. The molecule has 0 spiro atoms. The fourth-order valence-corrected chi connectivity index (χ4v) is 3.50. The van der Waals surface area contributed by atoms with Gasteiger partial charge < -0.3 is 4.90 Å². The van der Waals surface area contributed by atoms with Gasteiger partial charge in [-0.05, 0) is 37.7 Å². The van der Waals surface area contributed by atoms with Gasteiger partial charge in [-0.3, -0.25) is 19.3 Å². The van der Waals surface area contributed by atoms with Crippen molar-refractivity contribution in [2.75, 3.05) is 13.1 Å². The maximum absolute atomic E-state index is 12.6. The first-order valence-electron chi connectivity index (χ1n) is 9.20. The predicted molar refractivity (Wildman–Crippen MR) is 92.6 cm³/mol. The number of aromatic nitrogens is 4. The van der Waals surface area contributed by atoms with E-state index in [0.717, 1.165) is 37.4 Å². The number of aromatic amines is 1. The zero-order chi connectivity index (χ0) is 19.0. The lowest BCUT2D eigenvalue weighted by molar-refractivity contribution is 0.0676. The molecule has 0 atom stereocenters. The Labute approximate surface area is 154 Å². The number of nitrogens with one attached hydrogen (secondary N) is 1. The molecule has 2 aromatic heterocycles. The molecule has 144 valence electrons. The molecule has 27 heavy (non-hydrogen) atoms. The van der Waals surface area contributed by atoms with Gasteiger partial charge in [0.25, 0.3) is 17.9 Å². The van der Waals surface area contributed by atoms with Crippen LogP contribution in [0.1, 0.15) is 59.9 Å². The van der Waals surface area contributed by atoms with Gasteiger partial charge in [-0.25, -0.2) is 13.8 Å². The van der Waals surface area contributed by atoms with Crippen molar-refractivity contribution in [2.45, 2.75) is 44.6 Å². The van der Waals surface area contributed by atoms with Crippen molar-refractivity contribution in [3.63, 3.8) is 0 Å². The van der Waals surface area contributed by atoms with Crippen LogP contribution in [0, 0.1) is 5.92 Å². The van der Waals surface area contributed by atoms with Crippen LogP contribution < -0.4 is 5.56 Å². The van der Waals surface area contributed by atoms with Gasteiger partial charge in [0.1, 0.15) is 11.4 Å². The second-order valence-electron chi connectivity index (χ2n) is 7.32. The molecule has 0 radical (unpaired) electrons. The normalized spacial score (nSPS) is 18.3. The smallest absolute Gasteiger partial charge is 0.280 e. The van der Waals surface area contributed by atoms with E-state index in [1.54, 1.807) is 4.90 Å². The van der Waals surface area contributed by atoms with Crippen LogP contribution in [0.4, 0.5) is 8.78 Å². The molecule has 0 bridgehead atoms. The van der Waals surface area contributed by atoms with Crippen LogP contribution >= 0.6 is 0 Å². The Morgan fingerprint density at radius 3 is 2.59 bits per heavy atom. The van der Waals surface area contributed by atoms with Crippen molar-refractivity contribution in [1.82, 2.24) is 24.6 Å². The Morgan fingerprint density at radius 1 is 1.22 bits per heavy atom. The molecule has 0 aromatic carbocycles. The van der Waals surface area contributed by atoms with Gasteiger partial charge >= 0.3 is 0 Å². The lowest BCUT2D eigenvalue weighted by Gasteiger charge is -2.31. The first-order valence-corrected chi connectivity index (χ1v) is 9.20. The summed E-state index contributed by atoms with van der Waals surface area (Å²) in [4.78, 5) is 30.0. The van der Waals surface area contributed by atoms with E-state index in [9.17, 15) is 18.4 Å². The number of hydrogen-bond donors (Lipinski definition) is 1. The lowest BCUT2D eigenvalue weighted by Crippen LogP contribution is -2.40. The highest BCUT2D eigenvalue weighted by molar-refractivity contribution is 5.92. The van der Waals surface area contributed by atoms with E-state index in [0.29, 0.717) is 31.2 Å². The number of carbonyl (C=O) groups excluding carboxylic acids is 1. The number of H-pyrrole nitrogens is 1. The highest BCUT2D eigenvalue weighted by atomic mass is 19.3. The molecular formula is C18H21F2N5O2. The summed E-state index contributed by atoms with van der Waals surface area (Å²) >= 11 is 0. The average molecular weight is 377 g/mol. The van der Waals surface area contributed by atoms with Crippen molar-refractivity contribution in [3.8, 4) is 0 Å². The van der Waals surface area contributed by atoms with Crippen LogP contribution in [0.15, 0.2) is 23.3 Å². The van der Waals surface area contributed by atoms with Crippen LogP contribution in [0.3, 0.4) is 0 Å². The molecule has 1 amide bonds. The molecule has 7 nitrogen and oxygen atoms in total. The summed E-state index contributed by atoms with van der Waals surface area (Å²) in [7, 11) is 0. The van der Waals surface area contributed by atoms with Crippen LogP contribution in [0.25, 0.3) is 0 Å². The van der Waals surface area contributed by atoms with Gasteiger partial charge in [0.2, 0.25) is 0 Å². The van der Waals surface area contributed by atoms with Crippen molar-refractivity contribution < 1.29 is 13.6 Å². The Balaban J connectivity index is 1.33. The van der Waals surface area contributed by atoms with Crippen molar-refractivity contribution in [3.05, 3.63) is 45.9 Å².